The highest BCUT2D eigenvalue weighted by Crippen LogP contribution is 2.14. The van der Waals surface area contributed by atoms with Crippen molar-refractivity contribution >= 4 is 22.2 Å². The third kappa shape index (κ3) is 1.05. The van der Waals surface area contributed by atoms with Gasteiger partial charge in [0.1, 0.15) is 0 Å². The maximum Gasteiger partial charge on any atom is 0.241 e. The third-order valence-corrected chi connectivity index (χ3v) is 2.43. The Hall–Kier alpha value is -1.14. The molecule has 0 bridgehead atoms. The van der Waals surface area contributed by atoms with Gasteiger partial charge in [-0.1, -0.05) is 0 Å². The maximum atomic E-state index is 5.43. The zero-order chi connectivity index (χ0) is 8.55. The fourth-order valence-corrected chi connectivity index (χ4v) is 1.92. The molecule has 4 N–H and O–H groups in total. The molecule has 0 aliphatic heterocycles. The van der Waals surface area contributed by atoms with E-state index >= 15 is 0 Å². The van der Waals surface area contributed by atoms with Crippen LogP contribution in [-0.4, -0.2) is 21.1 Å². The SMILES string of the molecule is NCCc1csc2nc(N)nn12. The molecule has 0 saturated heterocycles. The van der Waals surface area contributed by atoms with E-state index in [0.717, 1.165) is 17.1 Å². The van der Waals surface area contributed by atoms with Gasteiger partial charge in [-0.2, -0.15) is 4.98 Å². The molecule has 0 radical (unpaired) electrons. The smallest absolute Gasteiger partial charge is 0.241 e. The van der Waals surface area contributed by atoms with Gasteiger partial charge < -0.3 is 11.5 Å². The van der Waals surface area contributed by atoms with Crippen molar-refractivity contribution in [2.45, 2.75) is 6.42 Å². The number of anilines is 1. The molecule has 2 rings (SSSR count). The fourth-order valence-electron chi connectivity index (χ4n) is 1.06. The molecule has 0 atom stereocenters. The van der Waals surface area contributed by atoms with Crippen molar-refractivity contribution in [3.63, 3.8) is 0 Å². The Kier molecular flexibility index (Phi) is 1.70. The summed E-state index contributed by atoms with van der Waals surface area (Å²) in [6, 6.07) is 0. The molecule has 0 spiro atoms. The Balaban J connectivity index is 2.53. The normalized spacial score (nSPS) is 11.1. The molecule has 2 aromatic heterocycles. The molecule has 0 amide bonds. The summed E-state index contributed by atoms with van der Waals surface area (Å²) in [7, 11) is 0. The third-order valence-electron chi connectivity index (χ3n) is 1.57. The zero-order valence-electron chi connectivity index (χ0n) is 6.40. The van der Waals surface area contributed by atoms with Crippen LogP contribution in [0.15, 0.2) is 5.38 Å². The van der Waals surface area contributed by atoms with E-state index in [9.17, 15) is 0 Å². The number of hydrogen-bond acceptors (Lipinski definition) is 5. The molecule has 2 heterocycles. The van der Waals surface area contributed by atoms with Crippen LogP contribution >= 0.6 is 11.3 Å². The second-order valence-electron chi connectivity index (χ2n) is 2.43. The molecular weight excluding hydrogens is 174 g/mol. The van der Waals surface area contributed by atoms with Gasteiger partial charge in [0.05, 0.1) is 5.69 Å². The number of nitrogens with zero attached hydrogens (tertiary/aromatic N) is 3. The van der Waals surface area contributed by atoms with E-state index in [4.69, 9.17) is 11.5 Å². The molecule has 0 aliphatic rings. The van der Waals surface area contributed by atoms with Gasteiger partial charge in [-0.3, -0.25) is 0 Å². The summed E-state index contributed by atoms with van der Waals surface area (Å²) in [5.41, 5.74) is 11.9. The number of hydrogen-bond donors (Lipinski definition) is 2. The van der Waals surface area contributed by atoms with Crippen LogP contribution in [0.2, 0.25) is 0 Å². The lowest BCUT2D eigenvalue weighted by molar-refractivity contribution is 0.845. The van der Waals surface area contributed by atoms with Crippen molar-refractivity contribution in [1.29, 1.82) is 0 Å². The largest absolute Gasteiger partial charge is 0.366 e. The Morgan fingerprint density at radius 2 is 2.42 bits per heavy atom. The molecular formula is C6H9N5S. The average Bonchev–Trinajstić information content (AvgIpc) is 2.52. The number of nitrogen functional groups attached to an aromatic ring is 1. The van der Waals surface area contributed by atoms with Crippen LogP contribution in [0.1, 0.15) is 5.69 Å². The molecule has 0 aliphatic carbocycles. The average molecular weight is 183 g/mol. The minimum Gasteiger partial charge on any atom is -0.366 e. The summed E-state index contributed by atoms with van der Waals surface area (Å²) in [6.07, 6.45) is 0.808. The molecule has 0 saturated carbocycles. The Morgan fingerprint density at radius 3 is 3.17 bits per heavy atom. The van der Waals surface area contributed by atoms with Crippen LogP contribution in [-0.2, 0) is 6.42 Å². The highest BCUT2D eigenvalue weighted by atomic mass is 32.1. The Bertz CT molecular complexity index is 389. The number of thiazole rings is 1. The van der Waals surface area contributed by atoms with Crippen LogP contribution in [0, 0.1) is 0 Å². The van der Waals surface area contributed by atoms with Crippen molar-refractivity contribution in [2.24, 2.45) is 5.73 Å². The van der Waals surface area contributed by atoms with Crippen LogP contribution in [0.4, 0.5) is 5.95 Å². The molecule has 12 heavy (non-hydrogen) atoms. The van der Waals surface area contributed by atoms with Crippen molar-refractivity contribution in [3.8, 4) is 0 Å². The Labute approximate surface area is 73.0 Å². The van der Waals surface area contributed by atoms with E-state index in [2.05, 4.69) is 10.1 Å². The first kappa shape index (κ1) is 7.51. The van der Waals surface area contributed by atoms with Gasteiger partial charge in [-0.15, -0.1) is 16.4 Å². The molecule has 6 heteroatoms. The van der Waals surface area contributed by atoms with E-state index in [-0.39, 0.29) is 0 Å². The van der Waals surface area contributed by atoms with Crippen LogP contribution in [0.5, 0.6) is 0 Å². The summed E-state index contributed by atoms with van der Waals surface area (Å²) in [4.78, 5) is 4.85. The molecule has 0 aromatic carbocycles. The topological polar surface area (TPSA) is 82.2 Å². The van der Waals surface area contributed by atoms with Gasteiger partial charge in [0.15, 0.2) is 0 Å². The molecule has 0 fully saturated rings. The first-order chi connectivity index (χ1) is 5.81. The molecule has 2 aromatic rings. The van der Waals surface area contributed by atoms with Crippen molar-refractivity contribution < 1.29 is 0 Å². The van der Waals surface area contributed by atoms with E-state index in [1.54, 1.807) is 4.52 Å². The summed E-state index contributed by atoms with van der Waals surface area (Å²) in [6.45, 7) is 0.617. The van der Waals surface area contributed by atoms with Crippen LogP contribution in [0.3, 0.4) is 0 Å². The second-order valence-corrected chi connectivity index (χ2v) is 3.27. The second kappa shape index (κ2) is 2.72. The maximum absolute atomic E-state index is 5.43. The monoisotopic (exact) mass is 183 g/mol. The number of fused-ring (bicyclic) bond motifs is 1. The van der Waals surface area contributed by atoms with Gasteiger partial charge in [-0.05, 0) is 6.54 Å². The van der Waals surface area contributed by atoms with Crippen LogP contribution < -0.4 is 11.5 Å². The number of aromatic nitrogens is 3. The quantitative estimate of drug-likeness (QED) is 0.679. The lowest BCUT2D eigenvalue weighted by Gasteiger charge is -1.91. The van der Waals surface area contributed by atoms with E-state index < -0.39 is 0 Å². The lowest BCUT2D eigenvalue weighted by atomic mass is 10.3. The van der Waals surface area contributed by atoms with E-state index in [0.29, 0.717) is 12.5 Å². The molecule has 5 nitrogen and oxygen atoms in total. The van der Waals surface area contributed by atoms with Crippen LogP contribution in [0.25, 0.3) is 4.96 Å². The summed E-state index contributed by atoms with van der Waals surface area (Å²) in [5.74, 6) is 0.320. The zero-order valence-corrected chi connectivity index (χ0v) is 7.21. The summed E-state index contributed by atoms with van der Waals surface area (Å²) in [5, 5.41) is 6.03. The number of nitrogens with two attached hydrogens (primary N) is 2. The van der Waals surface area contributed by atoms with Gasteiger partial charge in [-0.25, -0.2) is 4.52 Å². The standard InChI is InChI=1S/C6H9N5S/c7-2-1-4-3-12-6-9-5(8)10-11(4)6/h3H,1-2,7H2,(H2,8,10). The molecule has 64 valence electrons. The van der Waals surface area contributed by atoms with Gasteiger partial charge in [0.2, 0.25) is 10.9 Å². The van der Waals surface area contributed by atoms with Crippen molar-refractivity contribution in [3.05, 3.63) is 11.1 Å². The fraction of sp³-hybridized carbons (Fsp3) is 0.333. The van der Waals surface area contributed by atoms with Gasteiger partial charge >= 0.3 is 0 Å². The Morgan fingerprint density at radius 1 is 1.58 bits per heavy atom. The minimum atomic E-state index is 0.320. The highest BCUT2D eigenvalue weighted by molar-refractivity contribution is 7.15. The molecule has 0 unspecified atom stereocenters. The van der Waals surface area contributed by atoms with Gasteiger partial charge in [0.25, 0.3) is 0 Å². The number of rotatable bonds is 2. The van der Waals surface area contributed by atoms with Gasteiger partial charge in [0, 0.05) is 11.8 Å². The first-order valence-corrected chi connectivity index (χ1v) is 4.48. The highest BCUT2D eigenvalue weighted by Gasteiger charge is 2.06. The first-order valence-electron chi connectivity index (χ1n) is 3.60. The predicted octanol–water partition coefficient (Wildman–Crippen LogP) is -0.126. The lowest BCUT2D eigenvalue weighted by Crippen LogP contribution is -2.05. The van der Waals surface area contributed by atoms with E-state index in [1.165, 1.54) is 11.3 Å². The van der Waals surface area contributed by atoms with E-state index in [1.807, 2.05) is 5.38 Å². The van der Waals surface area contributed by atoms with Crippen molar-refractivity contribution in [2.75, 3.05) is 12.3 Å². The predicted molar refractivity (Wildman–Crippen MR) is 48.0 cm³/mol. The summed E-state index contributed by atoms with van der Waals surface area (Å²) >= 11 is 1.53. The summed E-state index contributed by atoms with van der Waals surface area (Å²) < 4.78 is 1.74. The van der Waals surface area contributed by atoms with Crippen molar-refractivity contribution in [1.82, 2.24) is 14.6 Å². The minimum absolute atomic E-state index is 0.320.